The first-order valence-electron chi connectivity index (χ1n) is 5.28. The second-order valence-corrected chi connectivity index (χ2v) is 4.26. The van der Waals surface area contributed by atoms with Crippen LogP contribution in [0.15, 0.2) is 28.7 Å². The van der Waals surface area contributed by atoms with Crippen LogP contribution < -0.4 is 5.73 Å². The lowest BCUT2D eigenvalue weighted by Crippen LogP contribution is -2.13. The molecule has 15 heavy (non-hydrogen) atoms. The lowest BCUT2D eigenvalue weighted by Gasteiger charge is -2.09. The van der Waals surface area contributed by atoms with Gasteiger partial charge in [0.2, 0.25) is 5.89 Å². The molecule has 0 fully saturated rings. The minimum atomic E-state index is -0.0996. The van der Waals surface area contributed by atoms with E-state index in [1.165, 1.54) is 0 Å². The standard InChI is InChI=1S/C12H16N2O/c1-8(2)7-9(13)12-14-10-5-3-4-6-11(10)15-12/h3-6,8-9H,7,13H2,1-2H3. The van der Waals surface area contributed by atoms with E-state index in [1.54, 1.807) is 0 Å². The molecule has 3 nitrogen and oxygen atoms in total. The van der Waals surface area contributed by atoms with Gasteiger partial charge >= 0.3 is 0 Å². The van der Waals surface area contributed by atoms with Crippen molar-refractivity contribution in [1.29, 1.82) is 0 Å². The fourth-order valence-corrected chi connectivity index (χ4v) is 1.66. The number of oxazole rings is 1. The average Bonchev–Trinajstić information content (AvgIpc) is 2.59. The number of fused-ring (bicyclic) bond motifs is 1. The van der Waals surface area contributed by atoms with E-state index in [2.05, 4.69) is 18.8 Å². The number of aromatic nitrogens is 1. The fraction of sp³-hybridized carbons (Fsp3) is 0.417. The topological polar surface area (TPSA) is 52.0 Å². The molecule has 1 aromatic carbocycles. The first kappa shape index (κ1) is 10.2. The third-order valence-corrected chi connectivity index (χ3v) is 2.35. The SMILES string of the molecule is CC(C)CC(N)c1nc2ccccc2o1. The number of benzene rings is 1. The number of nitrogens with two attached hydrogens (primary N) is 1. The first-order chi connectivity index (χ1) is 7.16. The van der Waals surface area contributed by atoms with E-state index in [4.69, 9.17) is 10.2 Å². The maximum atomic E-state index is 6.00. The molecule has 0 aliphatic carbocycles. The Hall–Kier alpha value is -1.35. The molecule has 1 unspecified atom stereocenters. The zero-order valence-electron chi connectivity index (χ0n) is 9.10. The quantitative estimate of drug-likeness (QED) is 0.836. The summed E-state index contributed by atoms with van der Waals surface area (Å²) in [7, 11) is 0. The fourth-order valence-electron chi connectivity index (χ4n) is 1.66. The van der Waals surface area contributed by atoms with Crippen molar-refractivity contribution in [2.75, 3.05) is 0 Å². The minimum Gasteiger partial charge on any atom is -0.439 e. The van der Waals surface area contributed by atoms with Crippen LogP contribution in [0.5, 0.6) is 0 Å². The Morgan fingerprint density at radius 3 is 2.73 bits per heavy atom. The molecule has 2 N–H and O–H groups in total. The molecule has 0 radical (unpaired) electrons. The van der Waals surface area contributed by atoms with Gasteiger partial charge in [0.1, 0.15) is 5.52 Å². The molecule has 3 heteroatoms. The highest BCUT2D eigenvalue weighted by atomic mass is 16.3. The van der Waals surface area contributed by atoms with Gasteiger partial charge in [-0.25, -0.2) is 4.98 Å². The second-order valence-electron chi connectivity index (χ2n) is 4.26. The van der Waals surface area contributed by atoms with Crippen LogP contribution in [-0.2, 0) is 0 Å². The average molecular weight is 204 g/mol. The molecule has 1 aromatic heterocycles. The Labute approximate surface area is 89.3 Å². The molecule has 0 saturated heterocycles. The highest BCUT2D eigenvalue weighted by Crippen LogP contribution is 2.22. The molecule has 1 heterocycles. The lowest BCUT2D eigenvalue weighted by atomic mass is 10.0. The molecule has 1 atom stereocenters. The smallest absolute Gasteiger partial charge is 0.212 e. The van der Waals surface area contributed by atoms with E-state index < -0.39 is 0 Å². The predicted molar refractivity (Wildman–Crippen MR) is 60.4 cm³/mol. The number of rotatable bonds is 3. The monoisotopic (exact) mass is 204 g/mol. The molecule has 80 valence electrons. The predicted octanol–water partition coefficient (Wildman–Crippen LogP) is 2.87. The second kappa shape index (κ2) is 4.03. The Morgan fingerprint density at radius 1 is 1.33 bits per heavy atom. The molecule has 0 bridgehead atoms. The Kier molecular flexibility index (Phi) is 2.73. The summed E-state index contributed by atoms with van der Waals surface area (Å²) in [5.41, 5.74) is 7.70. The Balaban J connectivity index is 2.28. The number of hydrogen-bond acceptors (Lipinski definition) is 3. The molecule has 0 amide bonds. The van der Waals surface area contributed by atoms with Crippen LogP contribution >= 0.6 is 0 Å². The van der Waals surface area contributed by atoms with Gasteiger partial charge < -0.3 is 10.2 Å². The van der Waals surface area contributed by atoms with Gasteiger partial charge in [0.05, 0.1) is 6.04 Å². The molecule has 2 aromatic rings. The van der Waals surface area contributed by atoms with E-state index >= 15 is 0 Å². The summed E-state index contributed by atoms with van der Waals surface area (Å²) in [5, 5.41) is 0. The molecule has 0 aliphatic rings. The summed E-state index contributed by atoms with van der Waals surface area (Å²) in [6.45, 7) is 4.28. The van der Waals surface area contributed by atoms with Crippen molar-refractivity contribution in [2.45, 2.75) is 26.3 Å². The van der Waals surface area contributed by atoms with Gasteiger partial charge in [0, 0.05) is 0 Å². The van der Waals surface area contributed by atoms with Crippen LogP contribution in [-0.4, -0.2) is 4.98 Å². The van der Waals surface area contributed by atoms with Crippen LogP contribution in [0, 0.1) is 5.92 Å². The number of hydrogen-bond donors (Lipinski definition) is 1. The van der Waals surface area contributed by atoms with Crippen molar-refractivity contribution in [2.24, 2.45) is 11.7 Å². The molecule has 2 rings (SSSR count). The third-order valence-electron chi connectivity index (χ3n) is 2.35. The molecular formula is C12H16N2O. The van der Waals surface area contributed by atoms with Crippen molar-refractivity contribution in [1.82, 2.24) is 4.98 Å². The van der Waals surface area contributed by atoms with E-state index in [0.29, 0.717) is 11.8 Å². The van der Waals surface area contributed by atoms with Gasteiger partial charge in [-0.3, -0.25) is 0 Å². The Bertz CT molecular complexity index is 415. The number of nitrogens with zero attached hydrogens (tertiary/aromatic N) is 1. The van der Waals surface area contributed by atoms with Crippen molar-refractivity contribution < 1.29 is 4.42 Å². The zero-order chi connectivity index (χ0) is 10.8. The highest BCUT2D eigenvalue weighted by molar-refractivity contribution is 5.72. The summed E-state index contributed by atoms with van der Waals surface area (Å²) >= 11 is 0. The summed E-state index contributed by atoms with van der Waals surface area (Å²) in [5.74, 6) is 1.19. The summed E-state index contributed by atoms with van der Waals surface area (Å²) in [4.78, 5) is 4.37. The van der Waals surface area contributed by atoms with Crippen LogP contribution in [0.4, 0.5) is 0 Å². The van der Waals surface area contributed by atoms with Gasteiger partial charge in [-0.15, -0.1) is 0 Å². The maximum Gasteiger partial charge on any atom is 0.212 e. The van der Waals surface area contributed by atoms with Crippen molar-refractivity contribution in [3.8, 4) is 0 Å². The van der Waals surface area contributed by atoms with Gasteiger partial charge in [-0.1, -0.05) is 26.0 Å². The normalized spacial score (nSPS) is 13.6. The first-order valence-corrected chi connectivity index (χ1v) is 5.28. The third kappa shape index (κ3) is 2.18. The highest BCUT2D eigenvalue weighted by Gasteiger charge is 2.14. The van der Waals surface area contributed by atoms with Crippen LogP contribution in [0.2, 0.25) is 0 Å². The van der Waals surface area contributed by atoms with E-state index in [1.807, 2.05) is 24.3 Å². The van der Waals surface area contributed by atoms with Crippen molar-refractivity contribution in [3.63, 3.8) is 0 Å². The molecule has 0 saturated carbocycles. The summed E-state index contributed by atoms with van der Waals surface area (Å²) in [6.07, 6.45) is 0.896. The van der Waals surface area contributed by atoms with Gasteiger partial charge in [0.25, 0.3) is 0 Å². The Morgan fingerprint density at radius 2 is 2.07 bits per heavy atom. The van der Waals surface area contributed by atoms with Crippen LogP contribution in [0.3, 0.4) is 0 Å². The van der Waals surface area contributed by atoms with Gasteiger partial charge in [-0.2, -0.15) is 0 Å². The number of para-hydroxylation sites is 2. The lowest BCUT2D eigenvalue weighted by molar-refractivity contribution is 0.417. The molecule has 0 spiro atoms. The molecular weight excluding hydrogens is 188 g/mol. The minimum absolute atomic E-state index is 0.0996. The van der Waals surface area contributed by atoms with E-state index in [9.17, 15) is 0 Å². The van der Waals surface area contributed by atoms with Gasteiger partial charge in [-0.05, 0) is 24.5 Å². The van der Waals surface area contributed by atoms with Crippen LogP contribution in [0.25, 0.3) is 11.1 Å². The molecule has 0 aliphatic heterocycles. The largest absolute Gasteiger partial charge is 0.439 e. The van der Waals surface area contributed by atoms with E-state index in [-0.39, 0.29) is 6.04 Å². The maximum absolute atomic E-state index is 6.00. The summed E-state index contributed by atoms with van der Waals surface area (Å²) in [6, 6.07) is 7.63. The van der Waals surface area contributed by atoms with Crippen LogP contribution in [0.1, 0.15) is 32.2 Å². The zero-order valence-corrected chi connectivity index (χ0v) is 9.10. The summed E-state index contributed by atoms with van der Waals surface area (Å²) < 4.78 is 5.59. The van der Waals surface area contributed by atoms with Crippen molar-refractivity contribution in [3.05, 3.63) is 30.2 Å². The van der Waals surface area contributed by atoms with E-state index in [0.717, 1.165) is 17.5 Å². The van der Waals surface area contributed by atoms with Gasteiger partial charge in [0.15, 0.2) is 5.58 Å². The van der Waals surface area contributed by atoms with Crippen molar-refractivity contribution >= 4 is 11.1 Å².